The number of alkyl halides is 3. The molecule has 1 saturated heterocycles. The molecule has 0 bridgehead atoms. The van der Waals surface area contributed by atoms with Gasteiger partial charge >= 0.3 is 6.18 Å². The number of nitrogens with zero attached hydrogens (tertiary/aromatic N) is 5. The second-order valence-electron chi connectivity index (χ2n) is 9.07. The summed E-state index contributed by atoms with van der Waals surface area (Å²) in [6.07, 6.45) is -0.390. The fourth-order valence-electron chi connectivity index (χ4n) is 4.25. The standard InChI is InChI=1S/C25H26F4N6/c1-16-13-17(4-7-21(16)26)14-19-15-22(33-24(32-19)31-18-5-6-18)34-9-11-35(12-10-34)23-20(25(27,28)29)3-2-8-30-23/h2-4,7-8,13,15,18H,5-6,9-12,14H2,1H3,(H,31,32,33). The molecule has 1 aromatic carbocycles. The fraction of sp³-hybridized carbons (Fsp3) is 0.400. The number of pyridine rings is 1. The third-order valence-corrected chi connectivity index (χ3v) is 6.28. The van der Waals surface area contributed by atoms with Crippen LogP contribution in [0.25, 0.3) is 0 Å². The predicted octanol–water partition coefficient (Wildman–Crippen LogP) is 4.83. The molecule has 35 heavy (non-hydrogen) atoms. The molecule has 2 aliphatic rings. The number of piperazine rings is 1. The van der Waals surface area contributed by atoms with E-state index < -0.39 is 11.7 Å². The SMILES string of the molecule is Cc1cc(Cc2cc(N3CCN(c4ncccc4C(F)(F)F)CC3)nc(NC3CC3)n2)ccc1F. The highest BCUT2D eigenvalue weighted by molar-refractivity contribution is 5.52. The number of nitrogens with one attached hydrogen (secondary N) is 1. The maximum atomic E-state index is 13.7. The molecule has 184 valence electrons. The second-order valence-corrected chi connectivity index (χ2v) is 9.07. The van der Waals surface area contributed by atoms with Crippen molar-refractivity contribution in [2.45, 2.75) is 38.4 Å². The Kier molecular flexibility index (Phi) is 6.21. The van der Waals surface area contributed by atoms with Crippen LogP contribution in [0.4, 0.5) is 35.1 Å². The summed E-state index contributed by atoms with van der Waals surface area (Å²) in [5, 5.41) is 3.35. The normalized spacial score (nSPS) is 16.5. The summed E-state index contributed by atoms with van der Waals surface area (Å²) in [6.45, 7) is 3.52. The molecule has 1 N–H and O–H groups in total. The molecule has 0 atom stereocenters. The van der Waals surface area contributed by atoms with E-state index in [2.05, 4.69) is 20.2 Å². The van der Waals surface area contributed by atoms with Gasteiger partial charge in [0.25, 0.3) is 0 Å². The number of anilines is 3. The van der Waals surface area contributed by atoms with Crippen LogP contribution in [0.3, 0.4) is 0 Å². The molecule has 1 aliphatic heterocycles. The van der Waals surface area contributed by atoms with E-state index in [-0.39, 0.29) is 11.6 Å². The van der Waals surface area contributed by atoms with E-state index in [9.17, 15) is 17.6 Å². The lowest BCUT2D eigenvalue weighted by Crippen LogP contribution is -2.47. The Hall–Kier alpha value is -3.43. The predicted molar refractivity (Wildman–Crippen MR) is 126 cm³/mol. The fourth-order valence-corrected chi connectivity index (χ4v) is 4.25. The van der Waals surface area contributed by atoms with Gasteiger partial charge in [-0.05, 0) is 49.1 Å². The van der Waals surface area contributed by atoms with Crippen molar-refractivity contribution in [1.29, 1.82) is 0 Å². The molecule has 3 heterocycles. The number of hydrogen-bond acceptors (Lipinski definition) is 6. The Morgan fingerprint density at radius 1 is 1.00 bits per heavy atom. The summed E-state index contributed by atoms with van der Waals surface area (Å²) >= 11 is 0. The van der Waals surface area contributed by atoms with Gasteiger partial charge in [0.15, 0.2) is 0 Å². The quantitative estimate of drug-likeness (QED) is 0.504. The van der Waals surface area contributed by atoms with Crippen LogP contribution >= 0.6 is 0 Å². The molecule has 2 aromatic heterocycles. The minimum atomic E-state index is -4.45. The van der Waals surface area contributed by atoms with E-state index >= 15 is 0 Å². The van der Waals surface area contributed by atoms with Crippen LogP contribution in [0.5, 0.6) is 0 Å². The third-order valence-electron chi connectivity index (χ3n) is 6.28. The van der Waals surface area contributed by atoms with Crippen molar-refractivity contribution in [3.63, 3.8) is 0 Å². The summed E-state index contributed by atoms with van der Waals surface area (Å²) in [7, 11) is 0. The lowest BCUT2D eigenvalue weighted by Gasteiger charge is -2.37. The first-order chi connectivity index (χ1) is 16.8. The Labute approximate surface area is 201 Å². The van der Waals surface area contributed by atoms with Crippen molar-refractivity contribution in [3.8, 4) is 0 Å². The molecule has 5 rings (SSSR count). The van der Waals surface area contributed by atoms with Crippen LogP contribution in [0.1, 0.15) is 35.2 Å². The van der Waals surface area contributed by atoms with Crippen LogP contribution in [0.2, 0.25) is 0 Å². The Balaban J connectivity index is 1.35. The van der Waals surface area contributed by atoms with E-state index in [0.717, 1.165) is 36.0 Å². The van der Waals surface area contributed by atoms with Gasteiger partial charge in [-0.3, -0.25) is 0 Å². The molecule has 0 unspecified atom stereocenters. The van der Waals surface area contributed by atoms with E-state index in [1.165, 1.54) is 18.3 Å². The van der Waals surface area contributed by atoms with Crippen molar-refractivity contribution < 1.29 is 17.6 Å². The van der Waals surface area contributed by atoms with Gasteiger partial charge < -0.3 is 15.1 Å². The van der Waals surface area contributed by atoms with Crippen LogP contribution in [0, 0.1) is 12.7 Å². The van der Waals surface area contributed by atoms with Gasteiger partial charge in [-0.2, -0.15) is 18.2 Å². The maximum absolute atomic E-state index is 13.7. The van der Waals surface area contributed by atoms with Crippen molar-refractivity contribution in [3.05, 3.63) is 70.8 Å². The molecule has 10 heteroatoms. The zero-order valence-electron chi connectivity index (χ0n) is 19.3. The van der Waals surface area contributed by atoms with Gasteiger partial charge in [-0.15, -0.1) is 0 Å². The number of benzene rings is 1. The first kappa shape index (κ1) is 23.3. The lowest BCUT2D eigenvalue weighted by atomic mass is 10.1. The van der Waals surface area contributed by atoms with E-state index in [4.69, 9.17) is 4.98 Å². The first-order valence-electron chi connectivity index (χ1n) is 11.7. The summed E-state index contributed by atoms with van der Waals surface area (Å²) in [4.78, 5) is 17.1. The van der Waals surface area contributed by atoms with Gasteiger partial charge in [0.05, 0.1) is 11.3 Å². The van der Waals surface area contributed by atoms with Crippen LogP contribution < -0.4 is 15.1 Å². The number of halogens is 4. The zero-order valence-corrected chi connectivity index (χ0v) is 19.3. The molecular formula is C25H26F4N6. The lowest BCUT2D eigenvalue weighted by molar-refractivity contribution is -0.137. The van der Waals surface area contributed by atoms with Gasteiger partial charge in [-0.1, -0.05) is 12.1 Å². The van der Waals surface area contributed by atoms with Gasteiger partial charge in [-0.25, -0.2) is 14.4 Å². The molecule has 0 spiro atoms. The maximum Gasteiger partial charge on any atom is 0.419 e. The van der Waals surface area contributed by atoms with E-state index in [0.29, 0.717) is 50.2 Å². The highest BCUT2D eigenvalue weighted by Gasteiger charge is 2.36. The van der Waals surface area contributed by atoms with Crippen molar-refractivity contribution in [1.82, 2.24) is 15.0 Å². The van der Waals surface area contributed by atoms with Crippen LogP contribution in [-0.2, 0) is 12.6 Å². The molecule has 1 aliphatic carbocycles. The highest BCUT2D eigenvalue weighted by Crippen LogP contribution is 2.35. The monoisotopic (exact) mass is 486 g/mol. The van der Waals surface area contributed by atoms with Crippen LogP contribution in [-0.4, -0.2) is 47.2 Å². The molecule has 6 nitrogen and oxygen atoms in total. The number of aromatic nitrogens is 3. The molecular weight excluding hydrogens is 460 g/mol. The smallest absolute Gasteiger partial charge is 0.353 e. The topological polar surface area (TPSA) is 57.2 Å². The number of hydrogen-bond donors (Lipinski definition) is 1. The summed E-state index contributed by atoms with van der Waals surface area (Å²) < 4.78 is 54.0. The largest absolute Gasteiger partial charge is 0.419 e. The van der Waals surface area contributed by atoms with Crippen molar-refractivity contribution >= 4 is 17.6 Å². The Bertz CT molecular complexity index is 1200. The molecule has 0 amide bonds. The average Bonchev–Trinajstić information content (AvgIpc) is 3.65. The summed E-state index contributed by atoms with van der Waals surface area (Å²) in [6, 6.07) is 9.68. The third kappa shape index (κ3) is 5.47. The van der Waals surface area contributed by atoms with Crippen LogP contribution in [0.15, 0.2) is 42.6 Å². The van der Waals surface area contributed by atoms with Gasteiger partial charge in [0.1, 0.15) is 17.5 Å². The first-order valence-corrected chi connectivity index (χ1v) is 11.7. The van der Waals surface area contributed by atoms with Gasteiger partial charge in [0.2, 0.25) is 5.95 Å². The summed E-state index contributed by atoms with van der Waals surface area (Å²) in [5.74, 6) is 0.998. The van der Waals surface area contributed by atoms with Crippen molar-refractivity contribution in [2.24, 2.45) is 0 Å². The Morgan fingerprint density at radius 3 is 2.43 bits per heavy atom. The molecule has 0 radical (unpaired) electrons. The minimum absolute atomic E-state index is 0.0363. The highest BCUT2D eigenvalue weighted by atomic mass is 19.4. The second kappa shape index (κ2) is 9.31. The minimum Gasteiger partial charge on any atom is -0.353 e. The molecule has 1 saturated carbocycles. The zero-order chi connectivity index (χ0) is 24.6. The number of rotatable bonds is 6. The Morgan fingerprint density at radius 2 is 1.74 bits per heavy atom. The summed E-state index contributed by atoms with van der Waals surface area (Å²) in [5.41, 5.74) is 1.61. The number of aryl methyl sites for hydroxylation is 1. The van der Waals surface area contributed by atoms with Crippen molar-refractivity contribution in [2.75, 3.05) is 41.3 Å². The molecule has 3 aromatic rings. The van der Waals surface area contributed by atoms with E-state index in [1.807, 2.05) is 12.1 Å². The molecule has 2 fully saturated rings. The van der Waals surface area contributed by atoms with Gasteiger partial charge in [0, 0.05) is 50.9 Å². The average molecular weight is 487 g/mol. The van der Waals surface area contributed by atoms with E-state index in [1.54, 1.807) is 17.9 Å².